The highest BCUT2D eigenvalue weighted by atomic mass is 127. The monoisotopic (exact) mass is 503 g/mol. The van der Waals surface area contributed by atoms with E-state index >= 15 is 0 Å². The second-order valence-electron chi connectivity index (χ2n) is 6.74. The maximum atomic E-state index is 12.8. The van der Waals surface area contributed by atoms with Gasteiger partial charge in [0.15, 0.2) is 0 Å². The van der Waals surface area contributed by atoms with E-state index in [2.05, 4.69) is 41.2 Å². The van der Waals surface area contributed by atoms with Gasteiger partial charge in [0.25, 0.3) is 0 Å². The van der Waals surface area contributed by atoms with Gasteiger partial charge < -0.3 is 9.47 Å². The zero-order chi connectivity index (χ0) is 20.4. The molecule has 0 saturated carbocycles. The van der Waals surface area contributed by atoms with Gasteiger partial charge in [-0.1, -0.05) is 13.8 Å². The van der Waals surface area contributed by atoms with Crippen molar-refractivity contribution >= 4 is 32.6 Å². The summed E-state index contributed by atoms with van der Waals surface area (Å²) >= 11 is 2.06. The summed E-state index contributed by atoms with van der Waals surface area (Å²) < 4.78 is 39.9. The summed E-state index contributed by atoms with van der Waals surface area (Å²) in [6.45, 7) is 7.99. The summed E-state index contributed by atoms with van der Waals surface area (Å²) in [7, 11) is -0.451. The van der Waals surface area contributed by atoms with E-state index in [0.717, 1.165) is 26.0 Å². The highest BCUT2D eigenvalue weighted by molar-refractivity contribution is 14.1. The molecule has 2 aromatic carbocycles. The van der Waals surface area contributed by atoms with E-state index in [1.165, 1.54) is 0 Å². The molecule has 0 radical (unpaired) electrons. The average Bonchev–Trinajstić information content (AvgIpc) is 2.60. The summed E-state index contributed by atoms with van der Waals surface area (Å²) in [6, 6.07) is 8.44. The van der Waals surface area contributed by atoms with Crippen LogP contribution in [-0.2, 0) is 10.0 Å². The van der Waals surface area contributed by atoms with E-state index in [-0.39, 0.29) is 16.9 Å². The number of sulfonamides is 1. The van der Waals surface area contributed by atoms with Crippen molar-refractivity contribution in [1.29, 1.82) is 0 Å². The number of aryl methyl sites for hydroxylation is 1. The van der Waals surface area contributed by atoms with Crippen molar-refractivity contribution < 1.29 is 17.9 Å². The minimum absolute atomic E-state index is 0.217. The van der Waals surface area contributed by atoms with Crippen LogP contribution >= 0.6 is 22.6 Å². The molecule has 0 fully saturated rings. The SMILES string of the molecule is COc1ccc(S(=O)(=O)N[C@@H](C)c2cc(C(C)C)c(OC)cc2C)cc1I. The van der Waals surface area contributed by atoms with Gasteiger partial charge in [-0.05, 0) is 89.4 Å². The lowest BCUT2D eigenvalue weighted by Gasteiger charge is -2.21. The minimum Gasteiger partial charge on any atom is -0.496 e. The lowest BCUT2D eigenvalue weighted by Crippen LogP contribution is -2.27. The maximum absolute atomic E-state index is 12.8. The van der Waals surface area contributed by atoms with Crippen LogP contribution in [0.3, 0.4) is 0 Å². The molecule has 27 heavy (non-hydrogen) atoms. The second kappa shape index (κ2) is 8.79. The fourth-order valence-corrected chi connectivity index (χ4v) is 5.18. The molecule has 0 aliphatic rings. The summed E-state index contributed by atoms with van der Waals surface area (Å²) in [5.41, 5.74) is 2.98. The topological polar surface area (TPSA) is 64.6 Å². The second-order valence-corrected chi connectivity index (χ2v) is 9.62. The summed E-state index contributed by atoms with van der Waals surface area (Å²) in [5.74, 6) is 1.74. The van der Waals surface area contributed by atoms with E-state index in [4.69, 9.17) is 9.47 Å². The van der Waals surface area contributed by atoms with Crippen molar-refractivity contribution in [2.24, 2.45) is 0 Å². The first kappa shape index (κ1) is 22.0. The Labute approximate surface area is 175 Å². The molecule has 2 aromatic rings. The molecule has 5 nitrogen and oxygen atoms in total. The smallest absolute Gasteiger partial charge is 0.241 e. The number of rotatable bonds is 7. The number of hydrogen-bond donors (Lipinski definition) is 1. The Morgan fingerprint density at radius 2 is 1.59 bits per heavy atom. The zero-order valence-corrected chi connectivity index (χ0v) is 19.4. The Morgan fingerprint density at radius 1 is 0.963 bits per heavy atom. The zero-order valence-electron chi connectivity index (χ0n) is 16.5. The highest BCUT2D eigenvalue weighted by Gasteiger charge is 2.22. The first-order chi connectivity index (χ1) is 12.6. The van der Waals surface area contributed by atoms with Crippen molar-refractivity contribution in [2.75, 3.05) is 14.2 Å². The van der Waals surface area contributed by atoms with Crippen LogP contribution in [0.2, 0.25) is 0 Å². The molecule has 1 N–H and O–H groups in total. The summed E-state index contributed by atoms with van der Waals surface area (Å²) in [6.07, 6.45) is 0. The van der Waals surface area contributed by atoms with E-state index in [1.807, 2.05) is 26.0 Å². The van der Waals surface area contributed by atoms with Crippen molar-refractivity contribution in [1.82, 2.24) is 4.72 Å². The number of nitrogens with one attached hydrogen (secondary N) is 1. The van der Waals surface area contributed by atoms with Crippen molar-refractivity contribution in [3.63, 3.8) is 0 Å². The normalized spacial score (nSPS) is 12.9. The third-order valence-corrected chi connectivity index (χ3v) is 6.85. The quantitative estimate of drug-likeness (QED) is 0.553. The van der Waals surface area contributed by atoms with Gasteiger partial charge in [0.05, 0.1) is 22.7 Å². The number of halogens is 1. The van der Waals surface area contributed by atoms with Crippen LogP contribution < -0.4 is 14.2 Å². The fraction of sp³-hybridized carbons (Fsp3) is 0.400. The molecule has 0 spiro atoms. The Hall–Kier alpha value is -1.32. The van der Waals surface area contributed by atoms with Gasteiger partial charge in [-0.3, -0.25) is 0 Å². The molecular weight excluding hydrogens is 477 g/mol. The van der Waals surface area contributed by atoms with Gasteiger partial charge >= 0.3 is 0 Å². The van der Waals surface area contributed by atoms with Crippen LogP contribution in [0.5, 0.6) is 11.5 Å². The molecule has 0 aromatic heterocycles. The fourth-order valence-electron chi connectivity index (χ4n) is 2.99. The molecule has 0 aliphatic carbocycles. The van der Waals surface area contributed by atoms with Crippen LogP contribution in [0.25, 0.3) is 0 Å². The van der Waals surface area contributed by atoms with Crippen LogP contribution in [0.15, 0.2) is 35.2 Å². The first-order valence-electron chi connectivity index (χ1n) is 8.65. The van der Waals surface area contributed by atoms with Gasteiger partial charge in [0, 0.05) is 6.04 Å². The Morgan fingerprint density at radius 3 is 2.11 bits per heavy atom. The molecule has 0 amide bonds. The molecule has 2 rings (SSSR count). The molecule has 0 heterocycles. The molecule has 7 heteroatoms. The Balaban J connectivity index is 2.37. The van der Waals surface area contributed by atoms with Crippen LogP contribution in [0.1, 0.15) is 49.4 Å². The number of ether oxygens (including phenoxy) is 2. The van der Waals surface area contributed by atoms with Gasteiger partial charge in [-0.25, -0.2) is 13.1 Å². The van der Waals surface area contributed by atoms with Gasteiger partial charge in [0.1, 0.15) is 11.5 Å². The predicted molar refractivity (Wildman–Crippen MR) is 116 cm³/mol. The molecule has 0 bridgehead atoms. The lowest BCUT2D eigenvalue weighted by molar-refractivity contribution is 0.406. The number of hydrogen-bond acceptors (Lipinski definition) is 4. The minimum atomic E-state index is -3.66. The van der Waals surface area contributed by atoms with E-state index < -0.39 is 10.0 Å². The van der Waals surface area contributed by atoms with Gasteiger partial charge in [0.2, 0.25) is 10.0 Å². The van der Waals surface area contributed by atoms with E-state index in [0.29, 0.717) is 5.75 Å². The molecule has 0 unspecified atom stereocenters. The first-order valence-corrected chi connectivity index (χ1v) is 11.2. The summed E-state index contributed by atoms with van der Waals surface area (Å²) in [4.78, 5) is 0.217. The third-order valence-electron chi connectivity index (χ3n) is 4.47. The van der Waals surface area contributed by atoms with E-state index in [1.54, 1.807) is 32.4 Å². The molecular formula is C20H26INO4S. The number of methoxy groups -OCH3 is 2. The Kier molecular flexibility index (Phi) is 7.15. The summed E-state index contributed by atoms with van der Waals surface area (Å²) in [5, 5.41) is 0. The van der Waals surface area contributed by atoms with Gasteiger partial charge in [-0.15, -0.1) is 0 Å². The third kappa shape index (κ3) is 4.94. The van der Waals surface area contributed by atoms with Crippen LogP contribution in [0.4, 0.5) is 0 Å². The molecule has 148 valence electrons. The Bertz CT molecular complexity index is 926. The molecule has 0 saturated heterocycles. The predicted octanol–water partition coefficient (Wildman–Crippen LogP) is 4.78. The van der Waals surface area contributed by atoms with Crippen molar-refractivity contribution in [3.8, 4) is 11.5 Å². The maximum Gasteiger partial charge on any atom is 0.241 e. The average molecular weight is 503 g/mol. The van der Waals surface area contributed by atoms with Crippen LogP contribution in [-0.4, -0.2) is 22.6 Å². The number of benzene rings is 2. The largest absolute Gasteiger partial charge is 0.496 e. The van der Waals surface area contributed by atoms with Crippen molar-refractivity contribution in [2.45, 2.75) is 44.6 Å². The molecule has 0 aliphatic heterocycles. The standard InChI is InChI=1S/C20H26INO4S/c1-12(2)16-11-17(13(3)9-20(16)26-6)14(4)22-27(23,24)15-7-8-19(25-5)18(21)10-15/h7-12,14,22H,1-6H3/t14-/m0/s1. The van der Waals surface area contributed by atoms with Crippen molar-refractivity contribution in [3.05, 3.63) is 50.6 Å². The lowest BCUT2D eigenvalue weighted by atomic mass is 9.94. The highest BCUT2D eigenvalue weighted by Crippen LogP contribution is 2.33. The van der Waals surface area contributed by atoms with Gasteiger partial charge in [-0.2, -0.15) is 0 Å². The van der Waals surface area contributed by atoms with Crippen LogP contribution in [0, 0.1) is 10.5 Å². The molecule has 1 atom stereocenters. The van der Waals surface area contributed by atoms with E-state index in [9.17, 15) is 8.42 Å².